The number of methoxy groups -OCH3 is 1. The number of nitrogens with zero attached hydrogens (tertiary/aromatic N) is 5. The van der Waals surface area contributed by atoms with Crippen LogP contribution in [0.4, 0.5) is 11.5 Å². The van der Waals surface area contributed by atoms with Crippen molar-refractivity contribution in [2.24, 2.45) is 0 Å². The summed E-state index contributed by atoms with van der Waals surface area (Å²) >= 11 is 0. The van der Waals surface area contributed by atoms with Gasteiger partial charge in [-0.25, -0.2) is 23.4 Å². The summed E-state index contributed by atoms with van der Waals surface area (Å²) in [5, 5.41) is 0.809. The molecule has 1 amide bonds. The van der Waals surface area contributed by atoms with Crippen molar-refractivity contribution in [2.45, 2.75) is 18.7 Å². The zero-order chi connectivity index (χ0) is 29.9. The molecule has 0 spiro atoms. The smallest absolute Gasteiger partial charge is 0.262 e. The number of ketones is 1. The third-order valence-corrected chi connectivity index (χ3v) is 8.50. The molecule has 1 N–H and O–H groups in total. The van der Waals surface area contributed by atoms with Gasteiger partial charge in [-0.3, -0.25) is 14.3 Å². The molecule has 11 nitrogen and oxygen atoms in total. The van der Waals surface area contributed by atoms with Crippen molar-refractivity contribution >= 4 is 44.1 Å². The van der Waals surface area contributed by atoms with Crippen LogP contribution in [0.3, 0.4) is 0 Å². The van der Waals surface area contributed by atoms with E-state index < -0.39 is 10.0 Å². The number of benzene rings is 2. The van der Waals surface area contributed by atoms with E-state index in [0.717, 1.165) is 22.3 Å². The molecule has 0 aliphatic carbocycles. The summed E-state index contributed by atoms with van der Waals surface area (Å²) in [7, 11) is -2.47. The fraction of sp³-hybridized carbons (Fsp3) is 0.233. The largest absolute Gasteiger partial charge is 0.480 e. The molecule has 0 atom stereocenters. The van der Waals surface area contributed by atoms with Crippen LogP contribution >= 0.6 is 0 Å². The Morgan fingerprint density at radius 3 is 2.43 bits per heavy atom. The van der Waals surface area contributed by atoms with Crippen molar-refractivity contribution < 1.29 is 22.7 Å². The molecule has 1 aliphatic heterocycles. The first-order chi connectivity index (χ1) is 20.2. The lowest BCUT2D eigenvalue weighted by Gasteiger charge is -2.35. The molecule has 0 saturated carbocycles. The van der Waals surface area contributed by atoms with Crippen LogP contribution in [0.25, 0.3) is 22.0 Å². The van der Waals surface area contributed by atoms with E-state index in [0.29, 0.717) is 37.3 Å². The number of carbonyl (C=O) groups excluding carboxylic acids is 2. The van der Waals surface area contributed by atoms with E-state index in [2.05, 4.69) is 24.6 Å². The first-order valence-corrected chi connectivity index (χ1v) is 14.7. The molecule has 0 bridgehead atoms. The standard InChI is InChI=1S/C30H30N6O5S/c1-20-6-4-5-7-27(20)42(39,40)34-26-17-23(18-31-30(26)41-3)22-9-10-25-24(16-22)29(33-19-32-25)36-14-12-35(13-15-36)28(38)11-8-21(2)37/h4-11,16-19,34H,12-15H2,1-3H3/b11-8+. The molecule has 1 fully saturated rings. The Labute approximate surface area is 243 Å². The van der Waals surface area contributed by atoms with Gasteiger partial charge in [0.1, 0.15) is 17.8 Å². The number of fused-ring (bicyclic) bond motifs is 1. The Bertz CT molecular complexity index is 1800. The average molecular weight is 587 g/mol. The Morgan fingerprint density at radius 1 is 0.952 bits per heavy atom. The first-order valence-electron chi connectivity index (χ1n) is 13.3. The van der Waals surface area contributed by atoms with Gasteiger partial charge >= 0.3 is 0 Å². The van der Waals surface area contributed by atoms with Crippen LogP contribution < -0.4 is 14.4 Å². The second kappa shape index (κ2) is 12.0. The van der Waals surface area contributed by atoms with E-state index in [1.165, 1.54) is 32.5 Å². The zero-order valence-electron chi connectivity index (χ0n) is 23.4. The van der Waals surface area contributed by atoms with Crippen LogP contribution in [0.15, 0.2) is 78.1 Å². The minimum Gasteiger partial charge on any atom is -0.480 e. The summed E-state index contributed by atoms with van der Waals surface area (Å²) < 4.78 is 34.4. The summed E-state index contributed by atoms with van der Waals surface area (Å²) in [5.74, 6) is 0.509. The second-order valence-corrected chi connectivity index (χ2v) is 11.5. The number of nitrogens with one attached hydrogen (secondary N) is 1. The molecule has 4 aromatic rings. The molecule has 5 rings (SSSR count). The number of sulfonamides is 1. The number of aryl methyl sites for hydroxylation is 1. The maximum absolute atomic E-state index is 13.2. The number of anilines is 2. The van der Waals surface area contributed by atoms with E-state index in [4.69, 9.17) is 4.74 Å². The van der Waals surface area contributed by atoms with Crippen molar-refractivity contribution in [3.05, 3.63) is 78.8 Å². The average Bonchev–Trinajstić information content (AvgIpc) is 2.99. The highest BCUT2D eigenvalue weighted by Gasteiger charge is 2.23. The van der Waals surface area contributed by atoms with Gasteiger partial charge in [0.2, 0.25) is 11.8 Å². The molecule has 2 aromatic carbocycles. The number of rotatable bonds is 8. The Hall–Kier alpha value is -4.84. The number of hydrogen-bond donors (Lipinski definition) is 1. The van der Waals surface area contributed by atoms with Crippen LogP contribution in [-0.2, 0) is 19.6 Å². The van der Waals surface area contributed by atoms with Gasteiger partial charge in [0.05, 0.1) is 17.5 Å². The van der Waals surface area contributed by atoms with Crippen molar-refractivity contribution in [3.8, 4) is 17.0 Å². The van der Waals surface area contributed by atoms with Gasteiger partial charge in [-0.05, 0) is 55.3 Å². The number of pyridine rings is 1. The molecule has 216 valence electrons. The monoisotopic (exact) mass is 586 g/mol. The minimum atomic E-state index is -3.90. The van der Waals surface area contributed by atoms with Crippen LogP contribution in [0.5, 0.6) is 5.88 Å². The van der Waals surface area contributed by atoms with Crippen LogP contribution in [0, 0.1) is 6.92 Å². The number of hydrogen-bond acceptors (Lipinski definition) is 9. The van der Waals surface area contributed by atoms with Crippen LogP contribution in [0.2, 0.25) is 0 Å². The lowest BCUT2D eigenvalue weighted by Crippen LogP contribution is -2.48. The molecule has 3 heterocycles. The molecule has 1 aliphatic rings. The SMILES string of the molecule is COc1ncc(-c2ccc3ncnc(N4CCN(C(=O)/C=C/C(C)=O)CC4)c3c2)cc1NS(=O)(=O)c1ccccc1C. The molecule has 12 heteroatoms. The molecule has 1 saturated heterocycles. The fourth-order valence-electron chi connectivity index (χ4n) is 4.81. The molecule has 2 aromatic heterocycles. The lowest BCUT2D eigenvalue weighted by molar-refractivity contribution is -0.126. The van der Waals surface area contributed by atoms with Crippen molar-refractivity contribution in [2.75, 3.05) is 42.9 Å². The van der Waals surface area contributed by atoms with Gasteiger partial charge in [-0.1, -0.05) is 24.3 Å². The number of piperazine rings is 1. The molecular weight excluding hydrogens is 556 g/mol. The summed E-state index contributed by atoms with van der Waals surface area (Å²) in [5.41, 5.74) is 3.03. The maximum Gasteiger partial charge on any atom is 0.262 e. The first kappa shape index (κ1) is 28.7. The van der Waals surface area contributed by atoms with E-state index in [9.17, 15) is 18.0 Å². The molecular formula is C30H30N6O5S. The van der Waals surface area contributed by atoms with E-state index in [1.54, 1.807) is 48.4 Å². The highest BCUT2D eigenvalue weighted by atomic mass is 32.2. The lowest BCUT2D eigenvalue weighted by atomic mass is 10.0. The second-order valence-electron chi connectivity index (χ2n) is 9.84. The summed E-state index contributed by atoms with van der Waals surface area (Å²) in [6.07, 6.45) is 5.72. The van der Waals surface area contributed by atoms with E-state index in [1.807, 2.05) is 18.2 Å². The van der Waals surface area contributed by atoms with Crippen LogP contribution in [-0.4, -0.2) is 73.2 Å². The van der Waals surface area contributed by atoms with Gasteiger partial charge in [-0.2, -0.15) is 0 Å². The normalized spacial score (nSPS) is 13.9. The predicted octanol–water partition coefficient (Wildman–Crippen LogP) is 3.60. The van der Waals surface area contributed by atoms with Gasteiger partial charge in [0, 0.05) is 49.4 Å². The predicted molar refractivity (Wildman–Crippen MR) is 160 cm³/mol. The highest BCUT2D eigenvalue weighted by Crippen LogP contribution is 2.33. The van der Waals surface area contributed by atoms with E-state index in [-0.39, 0.29) is 28.2 Å². The third kappa shape index (κ3) is 6.08. The zero-order valence-corrected chi connectivity index (χ0v) is 24.3. The van der Waals surface area contributed by atoms with E-state index >= 15 is 0 Å². The highest BCUT2D eigenvalue weighted by molar-refractivity contribution is 7.92. The number of allylic oxidation sites excluding steroid dienone is 1. The Morgan fingerprint density at radius 2 is 1.71 bits per heavy atom. The molecule has 42 heavy (non-hydrogen) atoms. The quantitative estimate of drug-likeness (QED) is 0.307. The van der Waals surface area contributed by atoms with Gasteiger partial charge in [-0.15, -0.1) is 0 Å². The van der Waals surface area contributed by atoms with Crippen LogP contribution in [0.1, 0.15) is 12.5 Å². The Kier molecular flexibility index (Phi) is 8.16. The van der Waals surface area contributed by atoms with Crippen molar-refractivity contribution in [1.29, 1.82) is 0 Å². The van der Waals surface area contributed by atoms with Gasteiger partial charge < -0.3 is 14.5 Å². The third-order valence-electron chi connectivity index (χ3n) is 6.97. The van der Waals surface area contributed by atoms with Gasteiger partial charge in [0.15, 0.2) is 5.78 Å². The number of ether oxygens (including phenoxy) is 1. The number of carbonyl (C=O) groups is 2. The summed E-state index contributed by atoms with van der Waals surface area (Å²) in [6, 6.07) is 14.1. The summed E-state index contributed by atoms with van der Waals surface area (Å²) in [4.78, 5) is 40.9. The minimum absolute atomic E-state index is 0.145. The Balaban J connectivity index is 1.43. The van der Waals surface area contributed by atoms with Crippen molar-refractivity contribution in [3.63, 3.8) is 0 Å². The molecule has 0 unspecified atom stereocenters. The van der Waals surface area contributed by atoms with Crippen molar-refractivity contribution in [1.82, 2.24) is 19.9 Å². The number of aromatic nitrogens is 3. The topological polar surface area (TPSA) is 135 Å². The maximum atomic E-state index is 13.2. The molecule has 0 radical (unpaired) electrons. The summed E-state index contributed by atoms with van der Waals surface area (Å²) in [6.45, 7) is 5.23. The fourth-order valence-corrected chi connectivity index (χ4v) is 6.11. The number of amides is 1. The van der Waals surface area contributed by atoms with Gasteiger partial charge in [0.25, 0.3) is 10.0 Å².